The van der Waals surface area contributed by atoms with E-state index in [-0.39, 0.29) is 0 Å². The number of primary amides is 1. The molecule has 1 saturated carbocycles. The minimum absolute atomic E-state index is 0.415. The van der Waals surface area contributed by atoms with Crippen LogP contribution in [0.3, 0.4) is 0 Å². The molecule has 0 bridgehead atoms. The number of carbonyl (C=O) groups excluding carboxylic acids is 1. The van der Waals surface area contributed by atoms with Crippen molar-refractivity contribution in [2.24, 2.45) is 5.73 Å². The topological polar surface area (TPSA) is 102 Å². The van der Waals surface area contributed by atoms with Crippen molar-refractivity contribution in [1.82, 2.24) is 29.7 Å². The number of benzene rings is 1. The standard InChI is InChI=1S/C22H22FN7OS2/c23-13-7-9-29(10-8-13)19(20(24)31)21-25-16-4-3-14(11-17(16)33-21)32-22-27-26-18-6-5-15(12-1-2-12)28-30(18)22/h3-6,11-13,19H,1-2,7-10H2,(H2,24,31). The zero-order valence-corrected chi connectivity index (χ0v) is 19.4. The first kappa shape index (κ1) is 20.9. The SMILES string of the molecule is NC(=O)C(c1nc2ccc(Sc3nnc4ccc(C5CC5)nn34)cc2s1)N1CCC(F)CC1. The van der Waals surface area contributed by atoms with Crippen molar-refractivity contribution in [3.05, 3.63) is 41.0 Å². The van der Waals surface area contributed by atoms with Crippen LogP contribution in [0, 0.1) is 0 Å². The summed E-state index contributed by atoms with van der Waals surface area (Å²) in [6, 6.07) is 9.33. The fourth-order valence-electron chi connectivity index (χ4n) is 4.24. The average molecular weight is 484 g/mol. The first-order chi connectivity index (χ1) is 16.0. The molecule has 6 rings (SSSR count). The third-order valence-electron chi connectivity index (χ3n) is 6.16. The molecule has 1 aliphatic heterocycles. The Morgan fingerprint density at radius 3 is 2.73 bits per heavy atom. The molecular weight excluding hydrogens is 461 g/mol. The Morgan fingerprint density at radius 1 is 1.15 bits per heavy atom. The van der Waals surface area contributed by atoms with Crippen LogP contribution in [-0.2, 0) is 4.79 Å². The number of halogens is 1. The maximum atomic E-state index is 13.6. The zero-order valence-electron chi connectivity index (χ0n) is 17.7. The first-order valence-electron chi connectivity index (χ1n) is 11.0. The number of piperidine rings is 1. The molecule has 4 aromatic rings. The van der Waals surface area contributed by atoms with Gasteiger partial charge in [0.25, 0.3) is 0 Å². The van der Waals surface area contributed by atoms with Crippen molar-refractivity contribution in [2.75, 3.05) is 13.1 Å². The summed E-state index contributed by atoms with van der Waals surface area (Å²) in [5.74, 6) is 0.101. The maximum Gasteiger partial charge on any atom is 0.241 e. The number of amides is 1. The Bertz CT molecular complexity index is 1340. The van der Waals surface area contributed by atoms with E-state index in [1.54, 1.807) is 4.52 Å². The van der Waals surface area contributed by atoms with E-state index in [0.29, 0.717) is 42.0 Å². The van der Waals surface area contributed by atoms with Crippen molar-refractivity contribution < 1.29 is 9.18 Å². The van der Waals surface area contributed by atoms with Gasteiger partial charge in [-0.15, -0.1) is 21.5 Å². The predicted molar refractivity (Wildman–Crippen MR) is 124 cm³/mol. The van der Waals surface area contributed by atoms with Crippen molar-refractivity contribution in [1.29, 1.82) is 0 Å². The van der Waals surface area contributed by atoms with Crippen LogP contribution in [-0.4, -0.2) is 54.9 Å². The van der Waals surface area contributed by atoms with E-state index in [9.17, 15) is 9.18 Å². The Balaban J connectivity index is 1.28. The van der Waals surface area contributed by atoms with E-state index in [4.69, 9.17) is 10.8 Å². The molecule has 33 heavy (non-hydrogen) atoms. The van der Waals surface area contributed by atoms with Crippen LogP contribution in [0.15, 0.2) is 40.4 Å². The molecule has 1 saturated heterocycles. The van der Waals surface area contributed by atoms with Crippen LogP contribution in [0.25, 0.3) is 15.9 Å². The number of nitrogens with two attached hydrogens (primary N) is 1. The number of nitrogens with zero attached hydrogens (tertiary/aromatic N) is 6. The molecule has 1 unspecified atom stereocenters. The van der Waals surface area contributed by atoms with E-state index in [1.165, 1.54) is 35.9 Å². The second-order valence-electron chi connectivity index (χ2n) is 8.58. The summed E-state index contributed by atoms with van der Waals surface area (Å²) < 4.78 is 16.3. The molecule has 4 heterocycles. The van der Waals surface area contributed by atoms with E-state index < -0.39 is 18.1 Å². The normalized spacial score (nSPS) is 18.8. The fraction of sp³-hybridized carbons (Fsp3) is 0.409. The van der Waals surface area contributed by atoms with Gasteiger partial charge < -0.3 is 5.73 Å². The van der Waals surface area contributed by atoms with Crippen LogP contribution in [0.2, 0.25) is 0 Å². The molecule has 2 N–H and O–H groups in total. The van der Waals surface area contributed by atoms with Gasteiger partial charge in [0.15, 0.2) is 5.65 Å². The summed E-state index contributed by atoms with van der Waals surface area (Å²) in [6.07, 6.45) is 2.39. The molecule has 2 aliphatic rings. The summed E-state index contributed by atoms with van der Waals surface area (Å²) in [4.78, 5) is 19.9. The lowest BCUT2D eigenvalue weighted by molar-refractivity contribution is -0.124. The number of carbonyl (C=O) groups is 1. The van der Waals surface area contributed by atoms with E-state index in [1.807, 2.05) is 35.2 Å². The lowest BCUT2D eigenvalue weighted by atomic mass is 10.1. The molecule has 1 aliphatic carbocycles. The largest absolute Gasteiger partial charge is 0.368 e. The Morgan fingerprint density at radius 2 is 1.97 bits per heavy atom. The number of aromatic nitrogens is 5. The van der Waals surface area contributed by atoms with Gasteiger partial charge in [-0.2, -0.15) is 9.61 Å². The highest BCUT2D eigenvalue weighted by Crippen LogP contribution is 2.39. The highest BCUT2D eigenvalue weighted by atomic mass is 32.2. The minimum atomic E-state index is -0.812. The molecule has 2 fully saturated rings. The zero-order chi connectivity index (χ0) is 22.5. The highest BCUT2D eigenvalue weighted by molar-refractivity contribution is 7.99. The van der Waals surface area contributed by atoms with Gasteiger partial charge in [-0.25, -0.2) is 9.37 Å². The van der Waals surface area contributed by atoms with Gasteiger partial charge >= 0.3 is 0 Å². The van der Waals surface area contributed by atoms with E-state index in [2.05, 4.69) is 15.2 Å². The van der Waals surface area contributed by atoms with Gasteiger partial charge in [-0.05, 0) is 67.8 Å². The van der Waals surface area contributed by atoms with Gasteiger partial charge in [0.2, 0.25) is 11.1 Å². The van der Waals surface area contributed by atoms with Crippen molar-refractivity contribution >= 4 is 44.9 Å². The number of hydrogen-bond donors (Lipinski definition) is 1. The minimum Gasteiger partial charge on any atom is -0.368 e. The van der Waals surface area contributed by atoms with Gasteiger partial charge in [0, 0.05) is 23.9 Å². The van der Waals surface area contributed by atoms with Gasteiger partial charge in [0.1, 0.15) is 17.2 Å². The van der Waals surface area contributed by atoms with Gasteiger partial charge in [-0.3, -0.25) is 9.69 Å². The highest BCUT2D eigenvalue weighted by Gasteiger charge is 2.32. The maximum absolute atomic E-state index is 13.6. The summed E-state index contributed by atoms with van der Waals surface area (Å²) in [5, 5.41) is 14.7. The van der Waals surface area contributed by atoms with E-state index >= 15 is 0 Å². The molecule has 1 amide bonds. The van der Waals surface area contributed by atoms with Crippen LogP contribution < -0.4 is 5.73 Å². The van der Waals surface area contributed by atoms with Crippen LogP contribution >= 0.6 is 23.1 Å². The fourth-order valence-corrected chi connectivity index (χ4v) is 6.29. The van der Waals surface area contributed by atoms with Crippen LogP contribution in [0.5, 0.6) is 0 Å². The molecule has 8 nitrogen and oxygen atoms in total. The molecule has 0 radical (unpaired) electrons. The third-order valence-corrected chi connectivity index (χ3v) is 8.16. The molecule has 11 heteroatoms. The predicted octanol–water partition coefficient (Wildman–Crippen LogP) is 3.72. The molecule has 0 spiro atoms. The Labute approximate surface area is 197 Å². The number of hydrogen-bond acceptors (Lipinski definition) is 8. The molecule has 1 atom stereocenters. The van der Waals surface area contributed by atoms with Crippen molar-refractivity contribution in [3.8, 4) is 0 Å². The molecule has 1 aromatic carbocycles. The number of fused-ring (bicyclic) bond motifs is 2. The number of likely N-dealkylation sites (tertiary alicyclic amines) is 1. The second-order valence-corrected chi connectivity index (χ2v) is 10.7. The van der Waals surface area contributed by atoms with Crippen molar-refractivity contribution in [2.45, 2.75) is 53.9 Å². The third kappa shape index (κ3) is 4.09. The van der Waals surface area contributed by atoms with E-state index in [0.717, 1.165) is 26.5 Å². The Hall–Kier alpha value is -2.63. The quantitative estimate of drug-likeness (QED) is 0.446. The lowest BCUT2D eigenvalue weighted by Crippen LogP contribution is -2.42. The van der Waals surface area contributed by atoms with Crippen LogP contribution in [0.4, 0.5) is 4.39 Å². The van der Waals surface area contributed by atoms with Crippen LogP contribution in [0.1, 0.15) is 48.3 Å². The number of thiazole rings is 1. The summed E-state index contributed by atoms with van der Waals surface area (Å²) in [7, 11) is 0. The monoisotopic (exact) mass is 483 g/mol. The summed E-state index contributed by atoms with van der Waals surface area (Å²) >= 11 is 2.95. The Kier molecular flexibility index (Phi) is 5.27. The molecule has 170 valence electrons. The smallest absolute Gasteiger partial charge is 0.241 e. The average Bonchev–Trinajstić information content (AvgIpc) is 3.46. The lowest BCUT2D eigenvalue weighted by Gasteiger charge is -2.32. The van der Waals surface area contributed by atoms with Gasteiger partial charge in [0.05, 0.1) is 15.9 Å². The second kappa shape index (κ2) is 8.30. The van der Waals surface area contributed by atoms with Gasteiger partial charge in [-0.1, -0.05) is 0 Å². The summed E-state index contributed by atoms with van der Waals surface area (Å²) in [6.45, 7) is 1.00. The molecular formula is C22H22FN7OS2. The van der Waals surface area contributed by atoms with Crippen molar-refractivity contribution in [3.63, 3.8) is 0 Å². The number of alkyl halides is 1. The molecule has 3 aromatic heterocycles. The first-order valence-corrected chi connectivity index (χ1v) is 12.7. The number of rotatable bonds is 6. The summed E-state index contributed by atoms with van der Waals surface area (Å²) in [5.41, 5.74) is 8.35.